The van der Waals surface area contributed by atoms with E-state index >= 15 is 0 Å². The number of hydrogen-bond donors (Lipinski definition) is 0. The molecule has 0 spiro atoms. The molecule has 1 nitrogen and oxygen atoms in total. The molecule has 0 unspecified atom stereocenters. The Balaban J connectivity index is 2.07. The van der Waals surface area contributed by atoms with Gasteiger partial charge < -0.3 is 0 Å². The van der Waals surface area contributed by atoms with E-state index in [0.29, 0.717) is 0 Å². The summed E-state index contributed by atoms with van der Waals surface area (Å²) >= 11 is 0. The summed E-state index contributed by atoms with van der Waals surface area (Å²) in [6.07, 6.45) is 2.97. The quantitative estimate of drug-likeness (QED) is 0.704. The third-order valence-corrected chi connectivity index (χ3v) is 3.27. The number of fused-ring (bicyclic) bond motifs is 1. The van der Waals surface area contributed by atoms with Crippen molar-refractivity contribution in [1.82, 2.24) is 0 Å². The fraction of sp³-hybridized carbons (Fsp3) is 0.188. The lowest BCUT2D eigenvalue weighted by molar-refractivity contribution is 0.627. The molecule has 1 aliphatic heterocycles. The highest BCUT2D eigenvalue weighted by atomic mass is 19.1. The molecule has 90 valence electrons. The van der Waals surface area contributed by atoms with Crippen LogP contribution in [0, 0.1) is 5.82 Å². The SMILES string of the molecule is Fc1ccc2c(c1)N=C(c1ccccc1)CCC2. The molecule has 2 aromatic rings. The van der Waals surface area contributed by atoms with Crippen LogP contribution in [0.2, 0.25) is 0 Å². The monoisotopic (exact) mass is 239 g/mol. The Labute approximate surface area is 106 Å². The normalized spacial score (nSPS) is 14.6. The lowest BCUT2D eigenvalue weighted by Crippen LogP contribution is -1.99. The number of benzene rings is 2. The van der Waals surface area contributed by atoms with Crippen molar-refractivity contribution in [3.63, 3.8) is 0 Å². The van der Waals surface area contributed by atoms with Crippen LogP contribution in [-0.2, 0) is 6.42 Å². The average molecular weight is 239 g/mol. The van der Waals surface area contributed by atoms with Crippen LogP contribution in [0.15, 0.2) is 53.5 Å². The van der Waals surface area contributed by atoms with Crippen molar-refractivity contribution in [1.29, 1.82) is 0 Å². The molecule has 0 aromatic heterocycles. The topological polar surface area (TPSA) is 12.4 Å². The minimum Gasteiger partial charge on any atom is -0.252 e. The summed E-state index contributed by atoms with van der Waals surface area (Å²) in [5.74, 6) is -0.216. The van der Waals surface area contributed by atoms with E-state index in [0.717, 1.165) is 41.8 Å². The number of aryl methyl sites for hydroxylation is 1. The largest absolute Gasteiger partial charge is 0.252 e. The van der Waals surface area contributed by atoms with E-state index in [1.165, 1.54) is 12.1 Å². The summed E-state index contributed by atoms with van der Waals surface area (Å²) in [5.41, 5.74) is 4.11. The lowest BCUT2D eigenvalue weighted by Gasteiger charge is -2.04. The fourth-order valence-corrected chi connectivity index (χ4v) is 2.34. The first-order valence-electron chi connectivity index (χ1n) is 6.24. The Morgan fingerprint density at radius 1 is 0.944 bits per heavy atom. The fourth-order valence-electron chi connectivity index (χ4n) is 2.34. The zero-order valence-electron chi connectivity index (χ0n) is 10.1. The Morgan fingerprint density at radius 3 is 2.61 bits per heavy atom. The van der Waals surface area contributed by atoms with E-state index in [1.54, 1.807) is 0 Å². The molecule has 3 rings (SSSR count). The maximum absolute atomic E-state index is 13.3. The van der Waals surface area contributed by atoms with Crippen LogP contribution in [0.25, 0.3) is 0 Å². The Bertz CT molecular complexity index is 587. The molecule has 0 bridgehead atoms. The number of aliphatic imine (C=N–C) groups is 1. The van der Waals surface area contributed by atoms with Gasteiger partial charge in [-0.3, -0.25) is 4.99 Å². The highest BCUT2D eigenvalue weighted by Gasteiger charge is 2.12. The number of hydrogen-bond acceptors (Lipinski definition) is 1. The summed E-state index contributed by atoms with van der Waals surface area (Å²) in [6, 6.07) is 15.0. The van der Waals surface area contributed by atoms with Crippen LogP contribution in [0.4, 0.5) is 10.1 Å². The molecule has 0 aliphatic carbocycles. The maximum Gasteiger partial charge on any atom is 0.125 e. The molecule has 2 aromatic carbocycles. The van der Waals surface area contributed by atoms with E-state index < -0.39 is 0 Å². The lowest BCUT2D eigenvalue weighted by atomic mass is 10.0. The van der Waals surface area contributed by atoms with E-state index in [9.17, 15) is 4.39 Å². The highest BCUT2D eigenvalue weighted by molar-refractivity contribution is 6.02. The van der Waals surface area contributed by atoms with Crippen LogP contribution in [0.1, 0.15) is 24.0 Å². The van der Waals surface area contributed by atoms with Gasteiger partial charge in [-0.15, -0.1) is 0 Å². The van der Waals surface area contributed by atoms with Crippen molar-refractivity contribution in [3.8, 4) is 0 Å². The van der Waals surface area contributed by atoms with Crippen LogP contribution >= 0.6 is 0 Å². The summed E-state index contributed by atoms with van der Waals surface area (Å²) in [6.45, 7) is 0. The van der Waals surface area contributed by atoms with Gasteiger partial charge in [0.15, 0.2) is 0 Å². The van der Waals surface area contributed by atoms with Crippen molar-refractivity contribution in [2.75, 3.05) is 0 Å². The van der Waals surface area contributed by atoms with Crippen LogP contribution in [-0.4, -0.2) is 5.71 Å². The van der Waals surface area contributed by atoms with Crippen LogP contribution in [0.5, 0.6) is 0 Å². The summed E-state index contributed by atoms with van der Waals surface area (Å²) in [5, 5.41) is 0. The Hall–Kier alpha value is -1.96. The number of nitrogens with zero attached hydrogens (tertiary/aromatic N) is 1. The standard InChI is InChI=1S/C16H14FN/c17-14-10-9-13-7-4-8-15(18-16(13)11-14)12-5-2-1-3-6-12/h1-3,5-6,9-11H,4,7-8H2. The second-order valence-electron chi connectivity index (χ2n) is 4.55. The maximum atomic E-state index is 13.3. The van der Waals surface area contributed by atoms with Gasteiger partial charge in [0.2, 0.25) is 0 Å². The van der Waals surface area contributed by atoms with E-state index in [-0.39, 0.29) is 5.82 Å². The second kappa shape index (κ2) is 4.73. The predicted octanol–water partition coefficient (Wildman–Crippen LogP) is 4.28. The second-order valence-corrected chi connectivity index (χ2v) is 4.55. The molecule has 0 saturated heterocycles. The van der Waals surface area contributed by atoms with Crippen LogP contribution in [0.3, 0.4) is 0 Å². The van der Waals surface area contributed by atoms with Gasteiger partial charge in [0.25, 0.3) is 0 Å². The molecular weight excluding hydrogens is 225 g/mol. The van der Waals surface area contributed by atoms with Gasteiger partial charge in [-0.1, -0.05) is 36.4 Å². The number of halogens is 1. The van der Waals surface area contributed by atoms with E-state index in [2.05, 4.69) is 17.1 Å². The van der Waals surface area contributed by atoms with E-state index in [4.69, 9.17) is 0 Å². The smallest absolute Gasteiger partial charge is 0.125 e. The molecule has 2 heteroatoms. The van der Waals surface area contributed by atoms with Crippen molar-refractivity contribution < 1.29 is 4.39 Å². The zero-order chi connectivity index (χ0) is 12.4. The minimum absolute atomic E-state index is 0.216. The van der Waals surface area contributed by atoms with Gasteiger partial charge in [0.1, 0.15) is 5.82 Å². The third kappa shape index (κ3) is 2.19. The summed E-state index contributed by atoms with van der Waals surface area (Å²) < 4.78 is 13.3. The molecule has 0 radical (unpaired) electrons. The molecule has 0 amide bonds. The molecule has 0 N–H and O–H groups in total. The zero-order valence-corrected chi connectivity index (χ0v) is 10.1. The van der Waals surface area contributed by atoms with Crippen molar-refractivity contribution in [3.05, 3.63) is 65.5 Å². The average Bonchev–Trinajstić information content (AvgIpc) is 2.61. The van der Waals surface area contributed by atoms with Crippen molar-refractivity contribution in [2.24, 2.45) is 4.99 Å². The molecule has 0 saturated carbocycles. The third-order valence-electron chi connectivity index (χ3n) is 3.27. The molecule has 0 fully saturated rings. The molecular formula is C16H14FN. The first-order valence-corrected chi connectivity index (χ1v) is 6.24. The van der Waals surface area contributed by atoms with Gasteiger partial charge in [0, 0.05) is 5.71 Å². The van der Waals surface area contributed by atoms with Crippen LogP contribution < -0.4 is 0 Å². The van der Waals surface area contributed by atoms with Gasteiger partial charge in [0.05, 0.1) is 5.69 Å². The molecule has 1 heterocycles. The van der Waals surface area contributed by atoms with Gasteiger partial charge in [-0.2, -0.15) is 0 Å². The predicted molar refractivity (Wildman–Crippen MR) is 72.0 cm³/mol. The molecule has 1 aliphatic rings. The molecule has 0 atom stereocenters. The van der Waals surface area contributed by atoms with Crippen molar-refractivity contribution >= 4 is 11.4 Å². The highest BCUT2D eigenvalue weighted by Crippen LogP contribution is 2.27. The summed E-state index contributed by atoms with van der Waals surface area (Å²) in [4.78, 5) is 4.65. The first-order chi connectivity index (χ1) is 8.83. The first kappa shape index (κ1) is 11.1. The Morgan fingerprint density at radius 2 is 1.78 bits per heavy atom. The Kier molecular flexibility index (Phi) is 2.93. The summed E-state index contributed by atoms with van der Waals surface area (Å²) in [7, 11) is 0. The van der Waals surface area contributed by atoms with Gasteiger partial charge in [-0.05, 0) is 42.5 Å². The van der Waals surface area contributed by atoms with E-state index in [1.807, 2.05) is 24.3 Å². The number of rotatable bonds is 1. The van der Waals surface area contributed by atoms with Gasteiger partial charge >= 0.3 is 0 Å². The van der Waals surface area contributed by atoms with Crippen molar-refractivity contribution in [2.45, 2.75) is 19.3 Å². The molecule has 18 heavy (non-hydrogen) atoms. The van der Waals surface area contributed by atoms with Gasteiger partial charge in [-0.25, -0.2) is 4.39 Å². The minimum atomic E-state index is -0.216.